The van der Waals surface area contributed by atoms with Gasteiger partial charge in [-0.25, -0.2) is 0 Å². The van der Waals surface area contributed by atoms with E-state index in [0.717, 1.165) is 5.92 Å². The Bertz CT molecular complexity index is 90.7. The normalized spacial score (nSPS) is 21.9. The van der Waals surface area contributed by atoms with E-state index in [1.54, 1.807) is 0 Å². The van der Waals surface area contributed by atoms with Crippen LogP contribution in [0.15, 0.2) is 11.1 Å². The minimum absolute atomic E-state index is 0.999. The van der Waals surface area contributed by atoms with Crippen molar-refractivity contribution in [2.24, 2.45) is 5.92 Å². The largest absolute Gasteiger partial charge is 0.0773 e. The van der Waals surface area contributed by atoms with Crippen molar-refractivity contribution < 1.29 is 0 Å². The fraction of sp³-hybridized carbons (Fsp3) is 0.750. The van der Waals surface area contributed by atoms with E-state index in [0.29, 0.717) is 0 Å². The summed E-state index contributed by atoms with van der Waals surface area (Å²) in [5, 5.41) is 0. The summed E-state index contributed by atoms with van der Waals surface area (Å²) in [6.07, 6.45) is 9.33. The lowest BCUT2D eigenvalue weighted by Crippen LogP contribution is -1.88. The topological polar surface area (TPSA) is 0 Å². The maximum atomic E-state index is 3.28. The molecule has 1 aliphatic rings. The van der Waals surface area contributed by atoms with E-state index >= 15 is 0 Å². The van der Waals surface area contributed by atoms with Gasteiger partial charge in [0.05, 0.1) is 0 Å². The molecular weight excluding hydrogens is 176 g/mol. The van der Waals surface area contributed by atoms with Crippen molar-refractivity contribution in [1.29, 1.82) is 0 Å². The van der Waals surface area contributed by atoms with Crippen LogP contribution in [0.2, 0.25) is 0 Å². The first-order valence-electron chi connectivity index (χ1n) is 3.68. The molecule has 0 aromatic heterocycles. The van der Waals surface area contributed by atoms with Gasteiger partial charge in [-0.2, -0.15) is 0 Å². The molecule has 1 heteroatoms. The monoisotopic (exact) mass is 188 g/mol. The lowest BCUT2D eigenvalue weighted by Gasteiger charge is -2.01. The van der Waals surface area contributed by atoms with Crippen LogP contribution in [0.4, 0.5) is 0 Å². The molecule has 0 N–H and O–H groups in total. The molecule has 0 bridgehead atoms. The molecule has 1 rings (SSSR count). The Morgan fingerprint density at radius 3 is 2.56 bits per heavy atom. The minimum Gasteiger partial charge on any atom is -0.0773 e. The molecule has 1 fully saturated rings. The summed E-state index contributed by atoms with van der Waals surface area (Å²) < 4.78 is 0. The molecule has 52 valence electrons. The van der Waals surface area contributed by atoms with E-state index in [9.17, 15) is 0 Å². The fourth-order valence-electron chi connectivity index (χ4n) is 1.49. The molecule has 0 nitrogen and oxygen atoms in total. The quantitative estimate of drug-likeness (QED) is 0.623. The Kier molecular flexibility index (Phi) is 3.34. The number of hydrogen-bond acceptors (Lipinski definition) is 0. The second-order valence-corrected chi connectivity index (χ2v) is 3.28. The molecule has 0 saturated heterocycles. The average Bonchev–Trinajstić information content (AvgIpc) is 2.34. The SMILES string of the molecule is BrC=CCC1CCCC1. The van der Waals surface area contributed by atoms with Crippen molar-refractivity contribution in [1.82, 2.24) is 0 Å². The van der Waals surface area contributed by atoms with Gasteiger partial charge in [0.25, 0.3) is 0 Å². The fourth-order valence-corrected chi connectivity index (χ4v) is 1.71. The second-order valence-electron chi connectivity index (χ2n) is 2.75. The van der Waals surface area contributed by atoms with E-state index in [1.807, 2.05) is 4.99 Å². The molecule has 0 radical (unpaired) electrons. The van der Waals surface area contributed by atoms with Crippen molar-refractivity contribution in [2.75, 3.05) is 0 Å². The molecule has 0 aliphatic heterocycles. The van der Waals surface area contributed by atoms with Crippen LogP contribution in [0.5, 0.6) is 0 Å². The van der Waals surface area contributed by atoms with E-state index < -0.39 is 0 Å². The Morgan fingerprint density at radius 2 is 2.00 bits per heavy atom. The van der Waals surface area contributed by atoms with Gasteiger partial charge in [0.2, 0.25) is 0 Å². The first-order chi connectivity index (χ1) is 4.43. The third kappa shape index (κ3) is 2.53. The van der Waals surface area contributed by atoms with Gasteiger partial charge in [0.1, 0.15) is 0 Å². The van der Waals surface area contributed by atoms with Crippen LogP contribution in [-0.2, 0) is 0 Å². The van der Waals surface area contributed by atoms with Gasteiger partial charge in [-0.3, -0.25) is 0 Å². The zero-order chi connectivity index (χ0) is 6.53. The van der Waals surface area contributed by atoms with Gasteiger partial charge in [0, 0.05) is 0 Å². The first kappa shape index (κ1) is 7.33. The van der Waals surface area contributed by atoms with Gasteiger partial charge in [-0.1, -0.05) is 47.7 Å². The Labute approximate surface area is 65.5 Å². The molecule has 0 aromatic carbocycles. The highest BCUT2D eigenvalue weighted by atomic mass is 79.9. The zero-order valence-corrected chi connectivity index (χ0v) is 7.23. The van der Waals surface area contributed by atoms with Crippen molar-refractivity contribution in [2.45, 2.75) is 32.1 Å². The first-order valence-corrected chi connectivity index (χ1v) is 4.60. The molecule has 0 aromatic rings. The maximum absolute atomic E-state index is 3.28. The van der Waals surface area contributed by atoms with Crippen LogP contribution in [-0.4, -0.2) is 0 Å². The molecule has 0 atom stereocenters. The zero-order valence-electron chi connectivity index (χ0n) is 5.65. The van der Waals surface area contributed by atoms with E-state index in [4.69, 9.17) is 0 Å². The molecule has 0 spiro atoms. The standard InChI is InChI=1S/C8H13Br/c9-7-3-6-8-4-1-2-5-8/h3,7-8H,1-2,4-6H2. The van der Waals surface area contributed by atoms with E-state index in [-0.39, 0.29) is 0 Å². The molecule has 1 saturated carbocycles. The van der Waals surface area contributed by atoms with E-state index in [1.165, 1.54) is 32.1 Å². The second kappa shape index (κ2) is 4.10. The number of allylic oxidation sites excluding steroid dienone is 1. The van der Waals surface area contributed by atoms with Gasteiger partial charge in [-0.05, 0) is 17.3 Å². The summed E-state index contributed by atoms with van der Waals surface area (Å²) in [5.41, 5.74) is 0. The summed E-state index contributed by atoms with van der Waals surface area (Å²) in [4.78, 5) is 1.98. The molecule has 1 aliphatic carbocycles. The number of rotatable bonds is 2. The lowest BCUT2D eigenvalue weighted by molar-refractivity contribution is 0.558. The summed E-state index contributed by atoms with van der Waals surface area (Å²) in [7, 11) is 0. The van der Waals surface area contributed by atoms with Crippen molar-refractivity contribution in [3.8, 4) is 0 Å². The highest BCUT2D eigenvalue weighted by Gasteiger charge is 2.12. The molecular formula is C8H13Br. The highest BCUT2D eigenvalue weighted by Crippen LogP contribution is 2.27. The average molecular weight is 189 g/mol. The third-order valence-corrected chi connectivity index (χ3v) is 2.41. The van der Waals surface area contributed by atoms with Gasteiger partial charge < -0.3 is 0 Å². The third-order valence-electron chi connectivity index (χ3n) is 2.03. The van der Waals surface area contributed by atoms with Crippen LogP contribution >= 0.6 is 15.9 Å². The Balaban J connectivity index is 2.11. The van der Waals surface area contributed by atoms with Gasteiger partial charge >= 0.3 is 0 Å². The molecule has 9 heavy (non-hydrogen) atoms. The van der Waals surface area contributed by atoms with Crippen LogP contribution in [0.25, 0.3) is 0 Å². The van der Waals surface area contributed by atoms with Crippen LogP contribution in [0, 0.1) is 5.92 Å². The van der Waals surface area contributed by atoms with Crippen molar-refractivity contribution in [3.63, 3.8) is 0 Å². The van der Waals surface area contributed by atoms with E-state index in [2.05, 4.69) is 22.0 Å². The number of hydrogen-bond donors (Lipinski definition) is 0. The lowest BCUT2D eigenvalue weighted by atomic mass is 10.1. The van der Waals surface area contributed by atoms with Crippen molar-refractivity contribution >= 4 is 15.9 Å². The predicted octanol–water partition coefficient (Wildman–Crippen LogP) is 3.48. The summed E-state index contributed by atoms with van der Waals surface area (Å²) >= 11 is 3.28. The molecule has 0 unspecified atom stereocenters. The smallest absolute Gasteiger partial charge is 0.0229 e. The summed E-state index contributed by atoms with van der Waals surface area (Å²) in [6.45, 7) is 0. The Hall–Kier alpha value is 0.220. The molecule has 0 heterocycles. The summed E-state index contributed by atoms with van der Waals surface area (Å²) in [5.74, 6) is 0.999. The highest BCUT2D eigenvalue weighted by molar-refractivity contribution is 9.11. The number of halogens is 1. The van der Waals surface area contributed by atoms with Gasteiger partial charge in [-0.15, -0.1) is 0 Å². The van der Waals surface area contributed by atoms with Crippen LogP contribution < -0.4 is 0 Å². The predicted molar refractivity (Wildman–Crippen MR) is 44.6 cm³/mol. The maximum Gasteiger partial charge on any atom is -0.0229 e. The van der Waals surface area contributed by atoms with Crippen molar-refractivity contribution in [3.05, 3.63) is 11.1 Å². The molecule has 0 amide bonds. The van der Waals surface area contributed by atoms with Crippen LogP contribution in [0.3, 0.4) is 0 Å². The van der Waals surface area contributed by atoms with Crippen LogP contribution in [0.1, 0.15) is 32.1 Å². The Morgan fingerprint density at radius 1 is 1.33 bits per heavy atom. The van der Waals surface area contributed by atoms with Gasteiger partial charge in [0.15, 0.2) is 0 Å². The minimum atomic E-state index is 0.999. The summed E-state index contributed by atoms with van der Waals surface area (Å²) in [6, 6.07) is 0.